The normalized spacial score (nSPS) is 17.0. The van der Waals surface area contributed by atoms with Crippen LogP contribution in [0.25, 0.3) is 0 Å². The third kappa shape index (κ3) is 2.66. The summed E-state index contributed by atoms with van der Waals surface area (Å²) >= 11 is 0. The predicted molar refractivity (Wildman–Crippen MR) is 76.9 cm³/mol. The van der Waals surface area contributed by atoms with Gasteiger partial charge in [-0.1, -0.05) is 6.07 Å². The Bertz CT molecular complexity index is 659. The highest BCUT2D eigenvalue weighted by molar-refractivity contribution is 5.85. The highest BCUT2D eigenvalue weighted by Gasteiger charge is 2.27. The monoisotopic (exact) mass is 313 g/mol. The smallest absolute Gasteiger partial charge is 0.157 e. The Kier molecular flexibility index (Phi) is 4.34. The second kappa shape index (κ2) is 5.87. The average molecular weight is 314 g/mol. The number of benzene rings is 2. The van der Waals surface area contributed by atoms with E-state index < -0.39 is 17.7 Å². The van der Waals surface area contributed by atoms with Crippen molar-refractivity contribution in [2.75, 3.05) is 6.54 Å². The van der Waals surface area contributed by atoms with Crippen LogP contribution in [0, 0.1) is 11.6 Å². The molecule has 1 aliphatic rings. The molecule has 3 nitrogen and oxygen atoms in total. The van der Waals surface area contributed by atoms with Crippen molar-refractivity contribution in [2.45, 2.75) is 12.5 Å². The molecule has 3 rings (SSSR count). The van der Waals surface area contributed by atoms with Gasteiger partial charge in [0.1, 0.15) is 11.6 Å². The summed E-state index contributed by atoms with van der Waals surface area (Å²) in [5, 5.41) is 22.2. The van der Waals surface area contributed by atoms with E-state index in [4.69, 9.17) is 0 Å². The third-order valence-corrected chi connectivity index (χ3v) is 3.58. The molecule has 0 spiro atoms. The Morgan fingerprint density at radius 3 is 2.33 bits per heavy atom. The minimum atomic E-state index is -0.675. The molecule has 1 atom stereocenters. The molecule has 1 unspecified atom stereocenters. The fourth-order valence-corrected chi connectivity index (χ4v) is 2.63. The molecule has 0 amide bonds. The van der Waals surface area contributed by atoms with E-state index in [-0.39, 0.29) is 29.5 Å². The highest BCUT2D eigenvalue weighted by Crippen LogP contribution is 2.37. The summed E-state index contributed by atoms with van der Waals surface area (Å²) in [7, 11) is 0. The molecular formula is C15H14ClF2NO2. The number of halogens is 3. The van der Waals surface area contributed by atoms with E-state index in [2.05, 4.69) is 5.32 Å². The number of hydrogen-bond acceptors (Lipinski definition) is 3. The Labute approximate surface area is 126 Å². The van der Waals surface area contributed by atoms with Gasteiger partial charge >= 0.3 is 0 Å². The minimum absolute atomic E-state index is 0. The van der Waals surface area contributed by atoms with E-state index in [1.165, 1.54) is 30.3 Å². The Morgan fingerprint density at radius 2 is 1.67 bits per heavy atom. The molecule has 2 aromatic rings. The van der Waals surface area contributed by atoms with Crippen molar-refractivity contribution in [1.82, 2.24) is 5.32 Å². The minimum Gasteiger partial charge on any atom is -0.504 e. The number of hydrogen-bond donors (Lipinski definition) is 3. The number of aromatic hydroxyl groups is 2. The van der Waals surface area contributed by atoms with E-state index in [0.717, 1.165) is 5.56 Å². The van der Waals surface area contributed by atoms with Crippen molar-refractivity contribution >= 4 is 12.4 Å². The largest absolute Gasteiger partial charge is 0.504 e. The van der Waals surface area contributed by atoms with Crippen LogP contribution < -0.4 is 5.32 Å². The molecule has 0 radical (unpaired) electrons. The fraction of sp³-hybridized carbons (Fsp3) is 0.200. The molecule has 1 heterocycles. The molecule has 1 aliphatic heterocycles. The van der Waals surface area contributed by atoms with Gasteiger partial charge in [0.15, 0.2) is 11.5 Å². The second-order valence-electron chi connectivity index (χ2n) is 4.81. The van der Waals surface area contributed by atoms with E-state index >= 15 is 0 Å². The zero-order valence-corrected chi connectivity index (χ0v) is 11.8. The van der Waals surface area contributed by atoms with Gasteiger partial charge in [0.05, 0.1) is 6.04 Å². The first kappa shape index (κ1) is 15.5. The number of phenolic OH excluding ortho intramolecular Hbond substituents is 2. The Hall–Kier alpha value is -1.85. The first-order valence-electron chi connectivity index (χ1n) is 6.30. The molecule has 21 heavy (non-hydrogen) atoms. The average Bonchev–Trinajstić information content (AvgIpc) is 2.40. The van der Waals surface area contributed by atoms with Crippen LogP contribution in [-0.2, 0) is 6.42 Å². The third-order valence-electron chi connectivity index (χ3n) is 3.58. The second-order valence-corrected chi connectivity index (χ2v) is 4.81. The van der Waals surface area contributed by atoms with Gasteiger partial charge in [-0.15, -0.1) is 12.4 Å². The first-order chi connectivity index (χ1) is 9.58. The van der Waals surface area contributed by atoms with E-state index in [1.807, 2.05) is 0 Å². The number of phenols is 2. The summed E-state index contributed by atoms with van der Waals surface area (Å²) in [6, 6.07) is 5.84. The molecule has 0 saturated heterocycles. The standard InChI is InChI=1S/C15H13F2NO2.ClH/c16-10-2-1-3-11(17)14(10)15-9-7-13(20)12(19)6-8(9)4-5-18-15;/h1-3,6-7,15,18-20H,4-5H2;1H. The van der Waals surface area contributed by atoms with E-state index in [0.29, 0.717) is 18.5 Å². The van der Waals surface area contributed by atoms with Crippen LogP contribution in [0.3, 0.4) is 0 Å². The van der Waals surface area contributed by atoms with Crippen LogP contribution in [0.2, 0.25) is 0 Å². The lowest BCUT2D eigenvalue weighted by atomic mass is 9.89. The highest BCUT2D eigenvalue weighted by atomic mass is 35.5. The van der Waals surface area contributed by atoms with Crippen LogP contribution in [0.1, 0.15) is 22.7 Å². The molecular weight excluding hydrogens is 300 g/mol. The summed E-state index contributed by atoms with van der Waals surface area (Å²) in [4.78, 5) is 0. The van der Waals surface area contributed by atoms with Crippen molar-refractivity contribution in [3.63, 3.8) is 0 Å². The lowest BCUT2D eigenvalue weighted by Gasteiger charge is -2.28. The maximum atomic E-state index is 13.9. The van der Waals surface area contributed by atoms with Crippen molar-refractivity contribution in [3.05, 3.63) is 58.7 Å². The molecule has 0 bridgehead atoms. The number of fused-ring (bicyclic) bond motifs is 1. The van der Waals surface area contributed by atoms with Gasteiger partial charge in [-0.3, -0.25) is 0 Å². The Balaban J connectivity index is 0.00000161. The van der Waals surface area contributed by atoms with Gasteiger partial charge < -0.3 is 15.5 Å². The summed E-state index contributed by atoms with van der Waals surface area (Å²) in [6.07, 6.45) is 0.621. The van der Waals surface area contributed by atoms with Gasteiger partial charge in [-0.25, -0.2) is 8.78 Å². The molecule has 112 valence electrons. The zero-order valence-electron chi connectivity index (χ0n) is 10.9. The van der Waals surface area contributed by atoms with Crippen molar-refractivity contribution in [3.8, 4) is 11.5 Å². The Morgan fingerprint density at radius 1 is 1.05 bits per heavy atom. The van der Waals surface area contributed by atoms with Crippen molar-refractivity contribution in [1.29, 1.82) is 0 Å². The molecule has 0 aliphatic carbocycles. The number of rotatable bonds is 1. The summed E-state index contributed by atoms with van der Waals surface area (Å²) in [5.74, 6) is -1.79. The van der Waals surface area contributed by atoms with Crippen LogP contribution in [0.15, 0.2) is 30.3 Å². The molecule has 0 aromatic heterocycles. The molecule has 0 fully saturated rings. The summed E-state index contributed by atoms with van der Waals surface area (Å²) in [5.41, 5.74) is 1.28. The van der Waals surface area contributed by atoms with Gasteiger partial charge in [0, 0.05) is 12.1 Å². The van der Waals surface area contributed by atoms with E-state index in [9.17, 15) is 19.0 Å². The SMILES string of the molecule is Cl.Oc1cc2c(cc1O)C(c1c(F)cccc1F)NCC2. The fourth-order valence-electron chi connectivity index (χ4n) is 2.63. The van der Waals surface area contributed by atoms with Crippen molar-refractivity contribution < 1.29 is 19.0 Å². The quantitative estimate of drug-likeness (QED) is 0.709. The van der Waals surface area contributed by atoms with Gasteiger partial charge in [0.25, 0.3) is 0 Å². The molecule has 3 N–H and O–H groups in total. The molecule has 6 heteroatoms. The first-order valence-corrected chi connectivity index (χ1v) is 6.30. The van der Waals surface area contributed by atoms with Gasteiger partial charge in [-0.2, -0.15) is 0 Å². The maximum Gasteiger partial charge on any atom is 0.157 e. The summed E-state index contributed by atoms with van der Waals surface area (Å²) < 4.78 is 27.8. The van der Waals surface area contributed by atoms with Crippen LogP contribution in [0.4, 0.5) is 8.78 Å². The maximum absolute atomic E-state index is 13.9. The van der Waals surface area contributed by atoms with Crippen LogP contribution in [0.5, 0.6) is 11.5 Å². The number of nitrogens with one attached hydrogen (secondary N) is 1. The van der Waals surface area contributed by atoms with Crippen molar-refractivity contribution in [2.24, 2.45) is 0 Å². The summed E-state index contributed by atoms with van der Waals surface area (Å²) in [6.45, 7) is 0.537. The van der Waals surface area contributed by atoms with Gasteiger partial charge in [-0.05, 0) is 41.8 Å². The zero-order chi connectivity index (χ0) is 14.3. The predicted octanol–water partition coefficient (Wildman–Crippen LogP) is 3.03. The van der Waals surface area contributed by atoms with E-state index in [1.54, 1.807) is 0 Å². The topological polar surface area (TPSA) is 52.5 Å². The molecule has 2 aromatic carbocycles. The van der Waals surface area contributed by atoms with Crippen LogP contribution >= 0.6 is 12.4 Å². The molecule has 0 saturated carbocycles. The van der Waals surface area contributed by atoms with Crippen LogP contribution in [-0.4, -0.2) is 16.8 Å². The lowest BCUT2D eigenvalue weighted by molar-refractivity contribution is 0.399. The lowest BCUT2D eigenvalue weighted by Crippen LogP contribution is -2.31. The van der Waals surface area contributed by atoms with Gasteiger partial charge in [0.2, 0.25) is 0 Å².